The summed E-state index contributed by atoms with van der Waals surface area (Å²) in [5.41, 5.74) is 5.26. The second kappa shape index (κ2) is 18.1. The maximum atomic E-state index is 12.8. The number of hydrogen-bond acceptors (Lipinski definition) is 8. The molecule has 10 heteroatoms. The third kappa shape index (κ3) is 10.0. The zero-order chi connectivity index (χ0) is 36.3. The molecule has 0 bridgehead atoms. The quantitative estimate of drug-likeness (QED) is 0.125. The zero-order valence-corrected chi connectivity index (χ0v) is 29.6. The number of hydrogen-bond donors (Lipinski definition) is 4. The number of urea groups is 1. The molecule has 4 aromatic carbocycles. The summed E-state index contributed by atoms with van der Waals surface area (Å²) >= 11 is 0. The molecule has 0 saturated carbocycles. The minimum absolute atomic E-state index is 0.0255. The van der Waals surface area contributed by atoms with E-state index in [0.29, 0.717) is 13.0 Å². The fraction of sp³-hybridized carbons (Fsp3) is 0.366. The van der Waals surface area contributed by atoms with Crippen LogP contribution >= 0.6 is 0 Å². The third-order valence-electron chi connectivity index (χ3n) is 9.66. The van der Waals surface area contributed by atoms with E-state index in [4.69, 9.17) is 14.2 Å². The van der Waals surface area contributed by atoms with Crippen molar-refractivity contribution in [3.05, 3.63) is 143 Å². The van der Waals surface area contributed by atoms with Crippen molar-refractivity contribution in [3.63, 3.8) is 0 Å². The molecule has 0 unspecified atom stereocenters. The lowest BCUT2D eigenvalue weighted by atomic mass is 9.89. The standard InChI is InChI=1S/C41H49N3O7/c1-27-36(25-44(3)28(2)37(46)32-13-9-6-10-14-32)50-40(51-38(27)33-19-17-31(26-45)18-20-33)34-21-15-30(16-22-34)24-42-41(48)43-35(39(47)49-4)23-29-11-7-5-8-12-29/h5-22,27-28,35-38,40,45-46H,23-26H2,1-4H3,(H2,42,43,48)/t27-,28+,35-,36+,37+,38+,40+/m0/s1. The lowest BCUT2D eigenvalue weighted by Crippen LogP contribution is -2.47. The second-order valence-corrected chi connectivity index (χ2v) is 13.2. The van der Waals surface area contributed by atoms with Crippen molar-refractivity contribution in [2.45, 2.75) is 70.1 Å². The van der Waals surface area contributed by atoms with Gasteiger partial charge in [0.1, 0.15) is 6.04 Å². The van der Waals surface area contributed by atoms with E-state index in [0.717, 1.165) is 33.4 Å². The summed E-state index contributed by atoms with van der Waals surface area (Å²) in [6.45, 7) is 4.89. The number of carbonyl (C=O) groups is 2. The molecule has 1 aliphatic rings. The smallest absolute Gasteiger partial charge is 0.328 e. The van der Waals surface area contributed by atoms with Gasteiger partial charge in [-0.15, -0.1) is 0 Å². The van der Waals surface area contributed by atoms with E-state index in [1.165, 1.54) is 7.11 Å². The second-order valence-electron chi connectivity index (χ2n) is 13.2. The molecule has 0 aliphatic carbocycles. The summed E-state index contributed by atoms with van der Waals surface area (Å²) in [5, 5.41) is 26.3. The Labute approximate surface area is 300 Å². The molecule has 4 N–H and O–H groups in total. The highest BCUT2D eigenvalue weighted by molar-refractivity contribution is 5.83. The molecule has 10 nitrogen and oxygen atoms in total. The number of nitrogens with one attached hydrogen (secondary N) is 2. The van der Waals surface area contributed by atoms with E-state index in [1.807, 2.05) is 123 Å². The number of aliphatic hydroxyl groups excluding tert-OH is 2. The summed E-state index contributed by atoms with van der Waals surface area (Å²) in [5.74, 6) is -0.545. The van der Waals surface area contributed by atoms with Crippen LogP contribution in [0.3, 0.4) is 0 Å². The first-order chi connectivity index (χ1) is 24.7. The van der Waals surface area contributed by atoms with Gasteiger partial charge in [-0.1, -0.05) is 116 Å². The molecule has 2 amide bonds. The Hall–Kier alpha value is -4.58. The van der Waals surface area contributed by atoms with Gasteiger partial charge in [0.2, 0.25) is 0 Å². The van der Waals surface area contributed by atoms with E-state index < -0.39 is 30.4 Å². The number of aliphatic hydroxyl groups is 2. The van der Waals surface area contributed by atoms with E-state index in [9.17, 15) is 19.8 Å². The minimum Gasteiger partial charge on any atom is -0.467 e. The summed E-state index contributed by atoms with van der Waals surface area (Å²) in [7, 11) is 3.30. The number of rotatable bonds is 14. The van der Waals surface area contributed by atoms with Crippen molar-refractivity contribution >= 4 is 12.0 Å². The number of esters is 1. The van der Waals surface area contributed by atoms with Gasteiger partial charge in [-0.25, -0.2) is 9.59 Å². The van der Waals surface area contributed by atoms with Crippen LogP contribution in [0.5, 0.6) is 0 Å². The van der Waals surface area contributed by atoms with Crippen LogP contribution in [0.15, 0.2) is 109 Å². The van der Waals surface area contributed by atoms with Gasteiger partial charge in [0, 0.05) is 37.0 Å². The Bertz CT molecular complexity index is 1670. The van der Waals surface area contributed by atoms with E-state index in [-0.39, 0.29) is 37.3 Å². The van der Waals surface area contributed by atoms with Gasteiger partial charge >= 0.3 is 12.0 Å². The van der Waals surface area contributed by atoms with Crippen LogP contribution in [0.1, 0.15) is 65.7 Å². The van der Waals surface area contributed by atoms with Crippen LogP contribution in [0.2, 0.25) is 0 Å². The third-order valence-corrected chi connectivity index (χ3v) is 9.66. The van der Waals surface area contributed by atoms with E-state index in [2.05, 4.69) is 22.5 Å². The molecule has 270 valence electrons. The minimum atomic E-state index is -0.827. The average molecular weight is 696 g/mol. The van der Waals surface area contributed by atoms with Gasteiger partial charge < -0.3 is 35.1 Å². The molecule has 1 aliphatic heterocycles. The zero-order valence-electron chi connectivity index (χ0n) is 29.6. The highest BCUT2D eigenvalue weighted by atomic mass is 16.7. The van der Waals surface area contributed by atoms with Crippen molar-refractivity contribution in [1.82, 2.24) is 15.5 Å². The Morgan fingerprint density at radius 2 is 1.45 bits per heavy atom. The first-order valence-corrected chi connectivity index (χ1v) is 17.4. The molecule has 1 fully saturated rings. The molecular weight excluding hydrogens is 646 g/mol. The van der Waals surface area contributed by atoms with Gasteiger partial charge in [0.25, 0.3) is 0 Å². The first kappa shape index (κ1) is 37.7. The Morgan fingerprint density at radius 3 is 2.08 bits per heavy atom. The van der Waals surface area contributed by atoms with Gasteiger partial charge in [0.15, 0.2) is 6.29 Å². The molecule has 4 aromatic rings. The van der Waals surface area contributed by atoms with Crippen LogP contribution in [0, 0.1) is 5.92 Å². The maximum Gasteiger partial charge on any atom is 0.328 e. The Morgan fingerprint density at radius 1 is 0.843 bits per heavy atom. The molecule has 1 heterocycles. The molecule has 7 atom stereocenters. The van der Waals surface area contributed by atoms with Crippen LogP contribution < -0.4 is 10.6 Å². The summed E-state index contributed by atoms with van der Waals surface area (Å²) < 4.78 is 18.2. The normalized spacial score (nSPS) is 20.6. The van der Waals surface area contributed by atoms with Crippen LogP contribution in [-0.4, -0.2) is 66.0 Å². The van der Waals surface area contributed by atoms with Crippen molar-refractivity contribution in [1.29, 1.82) is 0 Å². The van der Waals surface area contributed by atoms with Crippen molar-refractivity contribution in [2.75, 3.05) is 20.7 Å². The fourth-order valence-electron chi connectivity index (χ4n) is 6.32. The highest BCUT2D eigenvalue weighted by Crippen LogP contribution is 2.42. The number of nitrogens with zero attached hydrogens (tertiary/aromatic N) is 1. The fourth-order valence-corrected chi connectivity index (χ4v) is 6.32. The lowest BCUT2D eigenvalue weighted by Gasteiger charge is -2.43. The summed E-state index contributed by atoms with van der Waals surface area (Å²) in [4.78, 5) is 27.3. The average Bonchev–Trinajstić information content (AvgIpc) is 3.17. The molecule has 1 saturated heterocycles. The van der Waals surface area contributed by atoms with Crippen LogP contribution in [-0.2, 0) is 38.6 Å². The van der Waals surface area contributed by atoms with Crippen LogP contribution in [0.25, 0.3) is 0 Å². The largest absolute Gasteiger partial charge is 0.467 e. The number of likely N-dealkylation sites (N-methyl/N-ethyl adjacent to an activating group) is 1. The van der Waals surface area contributed by atoms with Gasteiger partial charge in [0.05, 0.1) is 32.0 Å². The number of benzene rings is 4. The number of carbonyl (C=O) groups excluding carboxylic acids is 2. The Kier molecular flexibility index (Phi) is 13.3. The van der Waals surface area contributed by atoms with E-state index in [1.54, 1.807) is 0 Å². The number of ether oxygens (including phenoxy) is 3. The first-order valence-electron chi connectivity index (χ1n) is 17.4. The molecule has 0 aromatic heterocycles. The molecular formula is C41H49N3O7. The van der Waals surface area contributed by atoms with Crippen molar-refractivity contribution < 1.29 is 34.0 Å². The van der Waals surface area contributed by atoms with Gasteiger partial charge in [-0.2, -0.15) is 0 Å². The Balaban J connectivity index is 1.26. The predicted octanol–water partition coefficient (Wildman–Crippen LogP) is 5.61. The van der Waals surface area contributed by atoms with Crippen molar-refractivity contribution in [2.24, 2.45) is 5.92 Å². The van der Waals surface area contributed by atoms with E-state index >= 15 is 0 Å². The lowest BCUT2D eigenvalue weighted by molar-refractivity contribution is -0.276. The van der Waals surface area contributed by atoms with Crippen LogP contribution in [0.4, 0.5) is 4.79 Å². The summed E-state index contributed by atoms with van der Waals surface area (Å²) in [6, 6.07) is 33.1. The number of methoxy groups -OCH3 is 1. The maximum absolute atomic E-state index is 12.8. The monoisotopic (exact) mass is 695 g/mol. The summed E-state index contributed by atoms with van der Waals surface area (Å²) in [6.07, 6.45) is -1.53. The molecule has 5 rings (SSSR count). The highest BCUT2D eigenvalue weighted by Gasteiger charge is 2.39. The van der Waals surface area contributed by atoms with Gasteiger partial charge in [-0.3, -0.25) is 4.90 Å². The molecule has 0 spiro atoms. The van der Waals surface area contributed by atoms with Crippen molar-refractivity contribution in [3.8, 4) is 0 Å². The topological polar surface area (TPSA) is 130 Å². The number of amides is 2. The molecule has 51 heavy (non-hydrogen) atoms. The van der Waals surface area contributed by atoms with Gasteiger partial charge in [-0.05, 0) is 41.8 Å². The molecule has 0 radical (unpaired) electrons. The predicted molar refractivity (Wildman–Crippen MR) is 194 cm³/mol. The SMILES string of the molecule is COC(=O)[C@H](Cc1ccccc1)NC(=O)NCc1ccc([C@@H]2O[C@H](CN(C)[C@H](C)[C@@H](O)c3ccccc3)[C@H](C)[C@H](c3ccc(CO)cc3)O2)cc1.